The van der Waals surface area contributed by atoms with Crippen molar-refractivity contribution in [3.05, 3.63) is 11.5 Å². The number of carboxylic acid groups (broad SMARTS) is 4. The zero-order chi connectivity index (χ0) is 25.0. The molecule has 35 heavy (non-hydrogen) atoms. The van der Waals surface area contributed by atoms with E-state index in [9.17, 15) is 39.3 Å². The molecule has 1 heterocycles. The Morgan fingerprint density at radius 3 is 1.49 bits per heavy atom. The quantitative estimate of drug-likeness (QED) is 0.108. The number of ether oxygens (including phenoxy) is 1. The number of carboxylic acids is 4. The second-order valence-electron chi connectivity index (χ2n) is 6.24. The van der Waals surface area contributed by atoms with Gasteiger partial charge in [-0.2, -0.15) is 0 Å². The van der Waals surface area contributed by atoms with E-state index < -0.39 is 86.4 Å². The normalized spacial score (nSPS) is 15.0. The van der Waals surface area contributed by atoms with Crippen LogP contribution < -0.4 is 104 Å². The number of hydrogen-bond acceptors (Lipinski definition) is 15. The Labute approximate surface area is 265 Å². The largest absolute Gasteiger partial charge is 1.00 e. The van der Waals surface area contributed by atoms with Gasteiger partial charge in [0.25, 0.3) is 0 Å². The van der Waals surface area contributed by atoms with E-state index in [1.165, 1.54) is 0 Å². The first kappa shape index (κ1) is 41.6. The molecule has 0 radical (unpaired) electrons. The molecule has 1 aliphatic heterocycles. The van der Waals surface area contributed by atoms with Crippen LogP contribution in [-0.2, 0) is 28.7 Å². The standard InChI is InChI=1S/C10H16N2O8.C6H8O6.3Na/c13-7(14)3-11(4-8(15)16)1-2-12(5-9(17)18)6-10(19)20;7-1-2(8)5-3(9)4(10)6(11)12-5;;;/h1-6H2,(H,13,14)(H,15,16)(H,17,18)(H,19,20);2,5,7-10H,1H2;;;/q;;3*+1/p-3/t;2-,5+;;;/m.0.../s1. The van der Waals surface area contributed by atoms with E-state index in [4.69, 9.17) is 25.5 Å². The molecule has 19 heteroatoms. The maximum absolute atomic E-state index is 10.5. The Hall–Kier alpha value is -0.470. The number of hydrogen-bond donors (Lipinski definition) is 5. The van der Waals surface area contributed by atoms with Gasteiger partial charge in [0.15, 0.2) is 11.9 Å². The van der Waals surface area contributed by atoms with Gasteiger partial charge in [0.05, 0.1) is 31.1 Å². The summed E-state index contributed by atoms with van der Waals surface area (Å²) in [5.74, 6) is -8.60. The van der Waals surface area contributed by atoms with Gasteiger partial charge in [0, 0.05) is 32.7 Å². The number of nitrogens with zero attached hydrogens (tertiary/aromatic N) is 2. The van der Waals surface area contributed by atoms with Crippen molar-refractivity contribution in [2.24, 2.45) is 0 Å². The van der Waals surface area contributed by atoms with Crippen LogP contribution in [0.5, 0.6) is 0 Å². The summed E-state index contributed by atoms with van der Waals surface area (Å²) in [6.07, 6.45) is -2.78. The van der Waals surface area contributed by atoms with Gasteiger partial charge >= 0.3 is 101 Å². The molecule has 0 aliphatic carbocycles. The Morgan fingerprint density at radius 1 is 0.857 bits per heavy atom. The Bertz CT molecular complexity index is 683. The summed E-state index contributed by atoms with van der Waals surface area (Å²) in [5, 5.41) is 74.9. The van der Waals surface area contributed by atoms with Crippen molar-refractivity contribution >= 4 is 29.8 Å². The molecule has 0 saturated carbocycles. The van der Waals surface area contributed by atoms with Crippen LogP contribution in [0.4, 0.5) is 0 Å². The van der Waals surface area contributed by atoms with Crippen LogP contribution in [0.15, 0.2) is 11.5 Å². The van der Waals surface area contributed by atoms with Gasteiger partial charge in [-0.15, -0.1) is 0 Å². The molecule has 0 aromatic heterocycles. The van der Waals surface area contributed by atoms with Crippen molar-refractivity contribution in [3.63, 3.8) is 0 Å². The molecule has 1 aliphatic rings. The third-order valence-electron chi connectivity index (χ3n) is 3.63. The summed E-state index contributed by atoms with van der Waals surface area (Å²) >= 11 is 0. The smallest absolute Gasteiger partial charge is 0.549 e. The summed E-state index contributed by atoms with van der Waals surface area (Å²) in [7, 11) is 0. The average Bonchev–Trinajstić information content (AvgIpc) is 2.91. The minimum atomic E-state index is -1.52. The predicted octanol–water partition coefficient (Wildman–Crippen LogP) is -16.5. The Balaban J connectivity index is -0.000000277. The zero-order valence-corrected chi connectivity index (χ0v) is 25.4. The third-order valence-corrected chi connectivity index (χ3v) is 3.63. The topological polar surface area (TPSA) is 271 Å². The number of cyclic esters (lactones) is 1. The summed E-state index contributed by atoms with van der Waals surface area (Å²) in [4.78, 5) is 54.2. The number of carbonyl (C=O) groups is 5. The zero-order valence-electron chi connectivity index (χ0n) is 19.4. The van der Waals surface area contributed by atoms with E-state index in [1.54, 1.807) is 0 Å². The number of aliphatic hydroxyl groups excluding tert-OH is 4. The number of aliphatic carboxylic acids is 4. The van der Waals surface area contributed by atoms with Gasteiger partial charge < -0.3 is 60.0 Å². The third kappa shape index (κ3) is 18.4. The first-order valence-corrected chi connectivity index (χ1v) is 8.66. The molecule has 0 fully saturated rings. The fourth-order valence-electron chi connectivity index (χ4n) is 2.27. The van der Waals surface area contributed by atoms with E-state index in [-0.39, 0.29) is 102 Å². The molecule has 0 unspecified atom stereocenters. The molecule has 2 atom stereocenters. The molecular weight excluding hydrogens is 513 g/mol. The van der Waals surface area contributed by atoms with Crippen LogP contribution >= 0.6 is 0 Å². The maximum Gasteiger partial charge on any atom is 1.00 e. The first-order valence-electron chi connectivity index (χ1n) is 8.66. The second-order valence-corrected chi connectivity index (χ2v) is 6.24. The van der Waals surface area contributed by atoms with Gasteiger partial charge in [-0.05, 0) is 0 Å². The van der Waals surface area contributed by atoms with Crippen LogP contribution in [0.1, 0.15) is 0 Å². The van der Waals surface area contributed by atoms with E-state index in [1.807, 2.05) is 0 Å². The van der Waals surface area contributed by atoms with Gasteiger partial charge in [-0.1, -0.05) is 0 Å². The molecule has 16 nitrogen and oxygen atoms in total. The Morgan fingerprint density at radius 2 is 1.23 bits per heavy atom. The minimum Gasteiger partial charge on any atom is -0.549 e. The van der Waals surface area contributed by atoms with Crippen molar-refractivity contribution in [1.82, 2.24) is 9.80 Å². The number of carbonyl (C=O) groups excluding carboxylic acids is 4. The fraction of sp³-hybridized carbons (Fsp3) is 0.562. The van der Waals surface area contributed by atoms with Crippen LogP contribution in [0.3, 0.4) is 0 Å². The molecule has 5 N–H and O–H groups in total. The van der Waals surface area contributed by atoms with Crippen molar-refractivity contribution in [2.45, 2.75) is 12.2 Å². The second kappa shape index (κ2) is 21.6. The van der Waals surface area contributed by atoms with Gasteiger partial charge in [-0.3, -0.25) is 14.6 Å². The molecule has 0 spiro atoms. The Kier molecular flexibility index (Phi) is 25.7. The van der Waals surface area contributed by atoms with Gasteiger partial charge in [0.1, 0.15) is 6.10 Å². The van der Waals surface area contributed by atoms with Crippen molar-refractivity contribution in [3.8, 4) is 0 Å². The number of rotatable bonds is 13. The van der Waals surface area contributed by atoms with Crippen molar-refractivity contribution < 1.29 is 158 Å². The average molecular weight is 534 g/mol. The van der Waals surface area contributed by atoms with E-state index >= 15 is 0 Å². The summed E-state index contributed by atoms with van der Waals surface area (Å²) < 4.78 is 4.32. The molecule has 0 aromatic carbocycles. The number of esters is 1. The first-order chi connectivity index (χ1) is 14.8. The molecule has 0 bridgehead atoms. The molecule has 1 rings (SSSR count). The molecular formula is C16H21N2Na3O14. The minimum absolute atomic E-state index is 0. The van der Waals surface area contributed by atoms with Crippen molar-refractivity contribution in [1.29, 1.82) is 0 Å². The van der Waals surface area contributed by atoms with Crippen LogP contribution in [0.2, 0.25) is 0 Å². The predicted molar refractivity (Wildman–Crippen MR) is 90.8 cm³/mol. The molecule has 0 aromatic rings. The van der Waals surface area contributed by atoms with Crippen molar-refractivity contribution in [2.75, 3.05) is 45.9 Å². The van der Waals surface area contributed by atoms with E-state index in [0.717, 1.165) is 9.80 Å². The molecule has 0 amide bonds. The monoisotopic (exact) mass is 534 g/mol. The summed E-state index contributed by atoms with van der Waals surface area (Å²) in [6.45, 7) is -3.67. The SMILES string of the molecule is O=C([O-])CN(CCN(CC(=O)[O-])CC(=O)O)CC(=O)[O-].O=C1O[C@H]([C@@H](O)CO)C(O)=C1O.[Na+].[Na+].[Na+]. The van der Waals surface area contributed by atoms with Gasteiger partial charge in [0.2, 0.25) is 5.76 Å². The number of aliphatic hydroxyl groups is 4. The fourth-order valence-corrected chi connectivity index (χ4v) is 2.27. The van der Waals surface area contributed by atoms with E-state index in [0.29, 0.717) is 0 Å². The summed E-state index contributed by atoms with van der Waals surface area (Å²) in [5.41, 5.74) is 0. The van der Waals surface area contributed by atoms with Crippen LogP contribution in [0, 0.1) is 0 Å². The molecule has 0 saturated heterocycles. The molecule has 182 valence electrons. The van der Waals surface area contributed by atoms with Gasteiger partial charge in [-0.25, -0.2) is 4.79 Å². The summed E-state index contributed by atoms with van der Waals surface area (Å²) in [6, 6.07) is 0. The van der Waals surface area contributed by atoms with Crippen LogP contribution in [-0.4, -0.2) is 123 Å². The van der Waals surface area contributed by atoms with Crippen LogP contribution in [0.25, 0.3) is 0 Å². The van der Waals surface area contributed by atoms with E-state index in [2.05, 4.69) is 4.74 Å². The maximum atomic E-state index is 10.5.